The van der Waals surface area contributed by atoms with Crippen LogP contribution in [0.4, 0.5) is 15.9 Å². The van der Waals surface area contributed by atoms with E-state index in [0.29, 0.717) is 0 Å². The predicted octanol–water partition coefficient (Wildman–Crippen LogP) is 3.79. The van der Waals surface area contributed by atoms with Gasteiger partial charge in [0, 0.05) is 11.9 Å². The van der Waals surface area contributed by atoms with Gasteiger partial charge in [0.15, 0.2) is 11.6 Å². The van der Waals surface area contributed by atoms with Crippen molar-refractivity contribution in [1.29, 1.82) is 0 Å². The summed E-state index contributed by atoms with van der Waals surface area (Å²) in [7, 11) is 0. The molecule has 2 N–H and O–H groups in total. The van der Waals surface area contributed by atoms with Crippen molar-refractivity contribution in [3.8, 4) is 0 Å². The molecule has 4 nitrogen and oxygen atoms in total. The minimum Gasteiger partial charge on any atom is -0.478 e. The number of hydrogen-bond acceptors (Lipinski definition) is 3. The van der Waals surface area contributed by atoms with Crippen LogP contribution in [0.25, 0.3) is 0 Å². The highest BCUT2D eigenvalue weighted by Gasteiger charge is 2.16. The van der Waals surface area contributed by atoms with Gasteiger partial charge in [-0.15, -0.1) is 0 Å². The molecule has 0 spiro atoms. The van der Waals surface area contributed by atoms with Gasteiger partial charge in [-0.25, -0.2) is 14.2 Å². The third-order valence-corrected chi connectivity index (χ3v) is 2.96. The number of nitrogens with one attached hydrogen (secondary N) is 1. The normalized spacial score (nSPS) is 10.6. The summed E-state index contributed by atoms with van der Waals surface area (Å²) in [6.07, 6.45) is 1.27. The first-order valence-corrected chi connectivity index (χ1v) is 6.24. The Hall–Kier alpha value is -2.43. The van der Waals surface area contributed by atoms with Gasteiger partial charge in [0.25, 0.3) is 0 Å². The maximum atomic E-state index is 14.0. The number of nitrogens with zero attached hydrogens (tertiary/aromatic N) is 1. The Kier molecular flexibility index (Phi) is 3.98. The molecule has 0 amide bonds. The van der Waals surface area contributed by atoms with E-state index in [2.05, 4.69) is 10.3 Å². The fourth-order valence-corrected chi connectivity index (χ4v) is 1.94. The van der Waals surface area contributed by atoms with Gasteiger partial charge in [-0.2, -0.15) is 0 Å². The van der Waals surface area contributed by atoms with Crippen LogP contribution in [0.3, 0.4) is 0 Å². The minimum atomic E-state index is -1.31. The lowest BCUT2D eigenvalue weighted by Gasteiger charge is -2.14. The lowest BCUT2D eigenvalue weighted by atomic mass is 10.0. The molecule has 5 heteroatoms. The first-order valence-electron chi connectivity index (χ1n) is 6.24. The highest BCUT2D eigenvalue weighted by atomic mass is 19.1. The topological polar surface area (TPSA) is 62.2 Å². The Bertz CT molecular complexity index is 642. The zero-order chi connectivity index (χ0) is 14.7. The lowest BCUT2D eigenvalue weighted by Crippen LogP contribution is -2.06. The average Bonchev–Trinajstić information content (AvgIpc) is 2.41. The first-order chi connectivity index (χ1) is 9.50. The Morgan fingerprint density at radius 2 is 2.00 bits per heavy atom. The van der Waals surface area contributed by atoms with E-state index in [1.165, 1.54) is 6.20 Å². The van der Waals surface area contributed by atoms with E-state index in [1.54, 1.807) is 0 Å². The molecule has 0 atom stereocenters. The summed E-state index contributed by atoms with van der Waals surface area (Å²) in [6.45, 7) is 4.05. The second-order valence-electron chi connectivity index (χ2n) is 4.69. The number of hydrogen-bond donors (Lipinski definition) is 2. The summed E-state index contributed by atoms with van der Waals surface area (Å²) in [5.41, 5.74) is 1.33. The van der Waals surface area contributed by atoms with Crippen molar-refractivity contribution < 1.29 is 14.3 Å². The molecule has 0 aliphatic heterocycles. The number of pyridine rings is 1. The highest BCUT2D eigenvalue weighted by Crippen LogP contribution is 2.27. The van der Waals surface area contributed by atoms with Crippen LogP contribution in [0.15, 0.2) is 36.5 Å². The molecule has 2 rings (SSSR count). The van der Waals surface area contributed by atoms with Gasteiger partial charge in [0.2, 0.25) is 0 Å². The summed E-state index contributed by atoms with van der Waals surface area (Å²) in [6, 6.07) is 8.61. The van der Waals surface area contributed by atoms with Crippen LogP contribution in [-0.4, -0.2) is 16.1 Å². The van der Waals surface area contributed by atoms with Crippen LogP contribution in [0.2, 0.25) is 0 Å². The van der Waals surface area contributed by atoms with E-state index >= 15 is 0 Å². The molecule has 0 aliphatic carbocycles. The van der Waals surface area contributed by atoms with Crippen LogP contribution < -0.4 is 5.32 Å². The maximum absolute atomic E-state index is 14.0. The Morgan fingerprint density at radius 1 is 1.30 bits per heavy atom. The third kappa shape index (κ3) is 2.77. The van der Waals surface area contributed by atoms with Crippen LogP contribution in [0, 0.1) is 5.82 Å². The molecular weight excluding hydrogens is 259 g/mol. The summed E-state index contributed by atoms with van der Waals surface area (Å²) < 4.78 is 14.0. The second-order valence-corrected chi connectivity index (χ2v) is 4.69. The number of carboxylic acids is 1. The summed E-state index contributed by atoms with van der Waals surface area (Å²) >= 11 is 0. The number of aromatic nitrogens is 1. The zero-order valence-electron chi connectivity index (χ0n) is 11.2. The third-order valence-electron chi connectivity index (χ3n) is 2.96. The SMILES string of the molecule is CC(C)c1ccccc1Nc1nccc(C(=O)O)c1F. The number of anilines is 2. The monoisotopic (exact) mass is 274 g/mol. The van der Waals surface area contributed by atoms with Crippen molar-refractivity contribution in [1.82, 2.24) is 4.98 Å². The number of carboxylic acid groups (broad SMARTS) is 1. The number of para-hydroxylation sites is 1. The van der Waals surface area contributed by atoms with Gasteiger partial charge in [-0.1, -0.05) is 32.0 Å². The van der Waals surface area contributed by atoms with Crippen LogP contribution in [0.1, 0.15) is 35.7 Å². The molecule has 20 heavy (non-hydrogen) atoms. The highest BCUT2D eigenvalue weighted by molar-refractivity contribution is 5.89. The van der Waals surface area contributed by atoms with Crippen molar-refractivity contribution in [3.63, 3.8) is 0 Å². The molecule has 0 bridgehead atoms. The van der Waals surface area contributed by atoms with E-state index in [1.807, 2.05) is 38.1 Å². The first kappa shape index (κ1) is 14.0. The number of rotatable bonds is 4. The number of benzene rings is 1. The van der Waals surface area contributed by atoms with Crippen molar-refractivity contribution >= 4 is 17.5 Å². The van der Waals surface area contributed by atoms with Gasteiger partial charge in [-0.05, 0) is 23.6 Å². The van der Waals surface area contributed by atoms with Gasteiger partial charge in [0.05, 0.1) is 0 Å². The zero-order valence-corrected chi connectivity index (χ0v) is 11.2. The van der Waals surface area contributed by atoms with Crippen LogP contribution >= 0.6 is 0 Å². The van der Waals surface area contributed by atoms with Crippen molar-refractivity contribution in [3.05, 3.63) is 53.5 Å². The molecule has 2 aromatic rings. The molecule has 0 fully saturated rings. The Labute approximate surface area is 116 Å². The van der Waals surface area contributed by atoms with Gasteiger partial charge < -0.3 is 10.4 Å². The van der Waals surface area contributed by atoms with Crippen molar-refractivity contribution in [2.45, 2.75) is 19.8 Å². The van der Waals surface area contributed by atoms with Crippen molar-refractivity contribution in [2.24, 2.45) is 0 Å². The lowest BCUT2D eigenvalue weighted by molar-refractivity contribution is 0.0692. The van der Waals surface area contributed by atoms with Crippen LogP contribution in [-0.2, 0) is 0 Å². The predicted molar refractivity (Wildman–Crippen MR) is 75.0 cm³/mol. The summed E-state index contributed by atoms with van der Waals surface area (Å²) in [5, 5.41) is 11.8. The minimum absolute atomic E-state index is 0.0852. The smallest absolute Gasteiger partial charge is 0.338 e. The number of aromatic carboxylic acids is 1. The van der Waals surface area contributed by atoms with E-state index < -0.39 is 17.3 Å². The Balaban J connectivity index is 2.41. The molecule has 0 radical (unpaired) electrons. The van der Waals surface area contributed by atoms with Gasteiger partial charge >= 0.3 is 5.97 Å². The molecule has 0 saturated heterocycles. The molecular formula is C15H15FN2O2. The number of carbonyl (C=O) groups is 1. The van der Waals surface area contributed by atoms with E-state index in [0.717, 1.165) is 17.3 Å². The van der Waals surface area contributed by atoms with E-state index in [9.17, 15) is 9.18 Å². The van der Waals surface area contributed by atoms with Crippen LogP contribution in [0.5, 0.6) is 0 Å². The summed E-state index contributed by atoms with van der Waals surface area (Å²) in [5.74, 6) is -2.01. The molecule has 0 unspecified atom stereocenters. The average molecular weight is 274 g/mol. The molecule has 1 aromatic carbocycles. The second kappa shape index (κ2) is 5.69. The van der Waals surface area contributed by atoms with Gasteiger partial charge in [0.1, 0.15) is 5.56 Å². The quantitative estimate of drug-likeness (QED) is 0.890. The van der Waals surface area contributed by atoms with Crippen molar-refractivity contribution in [2.75, 3.05) is 5.32 Å². The fourth-order valence-electron chi connectivity index (χ4n) is 1.94. The molecule has 1 aromatic heterocycles. The summed E-state index contributed by atoms with van der Waals surface area (Å²) in [4.78, 5) is 14.8. The van der Waals surface area contributed by atoms with Gasteiger partial charge in [-0.3, -0.25) is 0 Å². The largest absolute Gasteiger partial charge is 0.478 e. The fraction of sp³-hybridized carbons (Fsp3) is 0.200. The standard InChI is InChI=1S/C15H15FN2O2/c1-9(2)10-5-3-4-6-12(10)18-14-13(16)11(15(19)20)7-8-17-14/h3-9H,1-2H3,(H,17,18)(H,19,20). The molecule has 104 valence electrons. The maximum Gasteiger partial charge on any atom is 0.338 e. The van der Waals surface area contributed by atoms with E-state index in [4.69, 9.17) is 5.11 Å². The molecule has 1 heterocycles. The number of halogens is 1. The molecule has 0 saturated carbocycles. The molecule has 0 aliphatic rings. The van der Waals surface area contributed by atoms with E-state index in [-0.39, 0.29) is 11.7 Å². The Morgan fingerprint density at radius 3 is 2.65 bits per heavy atom.